The molecule has 0 radical (unpaired) electrons. The Kier molecular flexibility index (Phi) is 4.30. The van der Waals surface area contributed by atoms with Gasteiger partial charge in [0.15, 0.2) is 5.16 Å². The van der Waals surface area contributed by atoms with Crippen molar-refractivity contribution in [2.75, 3.05) is 7.11 Å². The maximum atomic E-state index is 11.3. The first-order valence-corrected chi connectivity index (χ1v) is 6.39. The van der Waals surface area contributed by atoms with Crippen LogP contribution >= 0.6 is 11.8 Å². The van der Waals surface area contributed by atoms with E-state index in [-0.39, 0.29) is 11.5 Å². The third-order valence-electron chi connectivity index (χ3n) is 2.30. The summed E-state index contributed by atoms with van der Waals surface area (Å²) in [6.45, 7) is 0. The number of aromatic amines is 1. The van der Waals surface area contributed by atoms with Gasteiger partial charge in [0.05, 0.1) is 12.7 Å². The molecule has 0 bridgehead atoms. The van der Waals surface area contributed by atoms with E-state index in [1.807, 2.05) is 12.1 Å². The summed E-state index contributed by atoms with van der Waals surface area (Å²) in [5.74, 6) is 0.258. The average molecular weight is 277 g/mol. The molecular weight excluding hydrogens is 266 g/mol. The molecule has 0 atom stereocenters. The molecule has 2 rings (SSSR count). The lowest BCUT2D eigenvalue weighted by molar-refractivity contribution is 0.0600. The summed E-state index contributed by atoms with van der Waals surface area (Å²) in [5.41, 5.74) is 1.23. The van der Waals surface area contributed by atoms with E-state index < -0.39 is 0 Å². The molecular formula is C12H11N3O3S. The first-order valence-electron chi connectivity index (χ1n) is 5.41. The fourth-order valence-electron chi connectivity index (χ4n) is 1.37. The van der Waals surface area contributed by atoms with Crippen LogP contribution in [0.4, 0.5) is 0 Å². The first kappa shape index (κ1) is 13.3. The van der Waals surface area contributed by atoms with E-state index >= 15 is 0 Å². The summed E-state index contributed by atoms with van der Waals surface area (Å²) < 4.78 is 4.62. The van der Waals surface area contributed by atoms with Crippen LogP contribution in [0.2, 0.25) is 0 Å². The number of esters is 1. The molecule has 0 spiro atoms. The summed E-state index contributed by atoms with van der Waals surface area (Å²) in [6.07, 6.45) is 1.12. The largest absolute Gasteiger partial charge is 0.465 e. The molecule has 0 saturated carbocycles. The van der Waals surface area contributed by atoms with Crippen molar-refractivity contribution in [1.29, 1.82) is 0 Å². The van der Waals surface area contributed by atoms with Crippen molar-refractivity contribution in [1.82, 2.24) is 15.2 Å². The van der Waals surface area contributed by atoms with E-state index in [4.69, 9.17) is 0 Å². The van der Waals surface area contributed by atoms with Crippen LogP contribution in [-0.2, 0) is 10.5 Å². The van der Waals surface area contributed by atoms with Gasteiger partial charge in [-0.25, -0.2) is 4.79 Å². The highest BCUT2D eigenvalue weighted by molar-refractivity contribution is 7.98. The van der Waals surface area contributed by atoms with Gasteiger partial charge < -0.3 is 4.74 Å². The van der Waals surface area contributed by atoms with E-state index in [0.29, 0.717) is 16.5 Å². The summed E-state index contributed by atoms with van der Waals surface area (Å²) in [7, 11) is 1.34. The van der Waals surface area contributed by atoms with Crippen LogP contribution in [0.3, 0.4) is 0 Å². The van der Waals surface area contributed by atoms with E-state index in [1.165, 1.54) is 18.9 Å². The zero-order valence-electron chi connectivity index (χ0n) is 10.1. The van der Waals surface area contributed by atoms with E-state index in [0.717, 1.165) is 11.8 Å². The molecule has 0 aliphatic rings. The SMILES string of the molecule is COC(=O)c1ccc(CSc2nncc(=O)[nH]2)cc1. The number of hydrogen-bond donors (Lipinski definition) is 1. The fourth-order valence-corrected chi connectivity index (χ4v) is 2.14. The highest BCUT2D eigenvalue weighted by Gasteiger charge is 2.05. The van der Waals surface area contributed by atoms with Gasteiger partial charge in [-0.1, -0.05) is 23.9 Å². The molecule has 1 heterocycles. The van der Waals surface area contributed by atoms with Gasteiger partial charge >= 0.3 is 5.97 Å². The van der Waals surface area contributed by atoms with Crippen molar-refractivity contribution in [3.05, 3.63) is 51.9 Å². The Morgan fingerprint density at radius 1 is 1.37 bits per heavy atom. The topological polar surface area (TPSA) is 84.9 Å². The molecule has 98 valence electrons. The van der Waals surface area contributed by atoms with Crippen molar-refractivity contribution in [2.24, 2.45) is 0 Å². The lowest BCUT2D eigenvalue weighted by atomic mass is 10.1. The van der Waals surface area contributed by atoms with Crippen LogP contribution < -0.4 is 5.56 Å². The normalized spacial score (nSPS) is 10.2. The molecule has 1 aromatic carbocycles. The third-order valence-corrected chi connectivity index (χ3v) is 3.24. The first-order chi connectivity index (χ1) is 9.19. The Morgan fingerprint density at radius 2 is 2.11 bits per heavy atom. The third kappa shape index (κ3) is 3.65. The predicted octanol–water partition coefficient (Wildman–Crippen LogP) is 1.24. The Morgan fingerprint density at radius 3 is 2.74 bits per heavy atom. The fraction of sp³-hybridized carbons (Fsp3) is 0.167. The van der Waals surface area contributed by atoms with Gasteiger partial charge in [-0.3, -0.25) is 9.78 Å². The minimum atomic E-state index is -0.363. The van der Waals surface area contributed by atoms with Crippen LogP contribution in [0, 0.1) is 0 Å². The van der Waals surface area contributed by atoms with Gasteiger partial charge in [-0.05, 0) is 17.7 Å². The molecule has 0 unspecified atom stereocenters. The number of methoxy groups -OCH3 is 1. The number of ether oxygens (including phenoxy) is 1. The van der Waals surface area contributed by atoms with Gasteiger partial charge in [-0.2, -0.15) is 5.10 Å². The number of thioether (sulfide) groups is 1. The van der Waals surface area contributed by atoms with Crippen molar-refractivity contribution in [3.8, 4) is 0 Å². The maximum absolute atomic E-state index is 11.3. The van der Waals surface area contributed by atoms with Crippen LogP contribution in [-0.4, -0.2) is 28.3 Å². The van der Waals surface area contributed by atoms with Crippen molar-refractivity contribution >= 4 is 17.7 Å². The lowest BCUT2D eigenvalue weighted by Gasteiger charge is -2.02. The number of nitrogens with one attached hydrogen (secondary N) is 1. The van der Waals surface area contributed by atoms with Crippen LogP contribution in [0.5, 0.6) is 0 Å². The minimum Gasteiger partial charge on any atom is -0.465 e. The summed E-state index contributed by atoms with van der Waals surface area (Å²) in [6, 6.07) is 7.05. The summed E-state index contributed by atoms with van der Waals surface area (Å²) in [5, 5.41) is 7.83. The number of H-pyrrole nitrogens is 1. The number of benzene rings is 1. The summed E-state index contributed by atoms with van der Waals surface area (Å²) >= 11 is 1.36. The van der Waals surface area contributed by atoms with Gasteiger partial charge in [0.1, 0.15) is 6.20 Å². The van der Waals surface area contributed by atoms with Gasteiger partial charge in [-0.15, -0.1) is 5.10 Å². The lowest BCUT2D eigenvalue weighted by Crippen LogP contribution is -2.08. The standard InChI is InChI=1S/C12H11N3O3S/c1-18-11(17)9-4-2-8(3-5-9)7-19-12-14-10(16)6-13-15-12/h2-6H,7H2,1H3,(H,14,15,16). The smallest absolute Gasteiger partial charge is 0.337 e. The quantitative estimate of drug-likeness (QED) is 0.668. The molecule has 1 aromatic heterocycles. The molecule has 0 aliphatic carbocycles. The Hall–Kier alpha value is -2.15. The summed E-state index contributed by atoms with van der Waals surface area (Å²) in [4.78, 5) is 24.9. The Bertz CT molecular complexity index is 625. The van der Waals surface area contributed by atoms with E-state index in [2.05, 4.69) is 19.9 Å². The van der Waals surface area contributed by atoms with Crippen molar-refractivity contribution in [2.45, 2.75) is 10.9 Å². The van der Waals surface area contributed by atoms with E-state index in [9.17, 15) is 9.59 Å². The van der Waals surface area contributed by atoms with E-state index in [1.54, 1.807) is 12.1 Å². The van der Waals surface area contributed by atoms with Crippen molar-refractivity contribution in [3.63, 3.8) is 0 Å². The second kappa shape index (κ2) is 6.14. The molecule has 2 aromatic rings. The average Bonchev–Trinajstić information content (AvgIpc) is 2.45. The van der Waals surface area contributed by atoms with Gasteiger partial charge in [0.2, 0.25) is 0 Å². The molecule has 7 heteroatoms. The number of hydrogen-bond acceptors (Lipinski definition) is 6. The number of aromatic nitrogens is 3. The van der Waals surface area contributed by atoms with Crippen LogP contribution in [0.15, 0.2) is 40.4 Å². The molecule has 19 heavy (non-hydrogen) atoms. The van der Waals surface area contributed by atoms with Gasteiger partial charge in [0, 0.05) is 5.75 Å². The molecule has 0 fully saturated rings. The molecule has 6 nitrogen and oxygen atoms in total. The minimum absolute atomic E-state index is 0.279. The molecule has 1 N–H and O–H groups in total. The molecule has 0 saturated heterocycles. The Balaban J connectivity index is 2.00. The number of carbonyl (C=O) groups excluding carboxylic acids is 1. The van der Waals surface area contributed by atoms with Crippen molar-refractivity contribution < 1.29 is 9.53 Å². The second-order valence-corrected chi connectivity index (χ2v) is 4.58. The number of nitrogens with zero attached hydrogens (tertiary/aromatic N) is 2. The zero-order chi connectivity index (χ0) is 13.7. The number of rotatable bonds is 4. The second-order valence-electron chi connectivity index (χ2n) is 3.62. The monoisotopic (exact) mass is 277 g/mol. The van der Waals surface area contributed by atoms with Gasteiger partial charge in [0.25, 0.3) is 5.56 Å². The number of carbonyl (C=O) groups is 1. The van der Waals surface area contributed by atoms with Crippen LogP contribution in [0.25, 0.3) is 0 Å². The van der Waals surface area contributed by atoms with Crippen LogP contribution in [0.1, 0.15) is 15.9 Å². The molecule has 0 amide bonds. The highest BCUT2D eigenvalue weighted by atomic mass is 32.2. The molecule has 0 aliphatic heterocycles. The highest BCUT2D eigenvalue weighted by Crippen LogP contribution is 2.17. The Labute approximate surface area is 113 Å². The predicted molar refractivity (Wildman–Crippen MR) is 70.0 cm³/mol. The maximum Gasteiger partial charge on any atom is 0.337 e. The zero-order valence-corrected chi connectivity index (χ0v) is 10.9.